The maximum absolute atomic E-state index is 5.78. The molecule has 0 aliphatic heterocycles. The summed E-state index contributed by atoms with van der Waals surface area (Å²) in [6.07, 6.45) is 0. The van der Waals surface area contributed by atoms with Crippen LogP contribution in [0, 0.1) is 0 Å². The van der Waals surface area contributed by atoms with E-state index in [-0.39, 0.29) is 0 Å². The average molecular weight is 180 g/mol. The van der Waals surface area contributed by atoms with Crippen LogP contribution in [0.3, 0.4) is 0 Å². The zero-order chi connectivity index (χ0) is 9.84. The van der Waals surface area contributed by atoms with Crippen LogP contribution >= 0.6 is 0 Å². The quantitative estimate of drug-likeness (QED) is 0.730. The molecule has 0 saturated heterocycles. The van der Waals surface area contributed by atoms with Gasteiger partial charge in [-0.25, -0.2) is 4.98 Å². The molecule has 72 valence electrons. The molecule has 1 aromatic rings. The van der Waals surface area contributed by atoms with E-state index in [1.807, 2.05) is 0 Å². The van der Waals surface area contributed by atoms with Crippen LogP contribution in [0.1, 0.15) is 13.8 Å². The summed E-state index contributed by atoms with van der Waals surface area (Å²) in [7, 11) is 0. The van der Waals surface area contributed by atoms with Gasteiger partial charge in [-0.1, -0.05) is 0 Å². The van der Waals surface area contributed by atoms with E-state index in [1.165, 1.54) is 0 Å². The van der Waals surface area contributed by atoms with Gasteiger partial charge in [-0.05, 0) is 26.0 Å². The summed E-state index contributed by atoms with van der Waals surface area (Å²) in [5.74, 6) is 1.29. The number of aromatic nitrogens is 1. The Morgan fingerprint density at radius 1 is 1.23 bits per heavy atom. The molecule has 0 amide bonds. The fourth-order valence-corrected chi connectivity index (χ4v) is 1.25. The number of nitrogens with zero attached hydrogens (tertiary/aromatic N) is 2. The monoisotopic (exact) mass is 180 g/mol. The maximum Gasteiger partial charge on any atom is 0.154 e. The van der Waals surface area contributed by atoms with Crippen molar-refractivity contribution in [2.45, 2.75) is 13.8 Å². The molecular formula is C9H16N4. The predicted octanol–water partition coefficient (Wildman–Crippen LogP) is 1.09. The number of anilines is 3. The van der Waals surface area contributed by atoms with Crippen molar-refractivity contribution in [3.8, 4) is 0 Å². The fraction of sp³-hybridized carbons (Fsp3) is 0.444. The van der Waals surface area contributed by atoms with Gasteiger partial charge in [0.15, 0.2) is 5.82 Å². The van der Waals surface area contributed by atoms with Crippen molar-refractivity contribution in [2.24, 2.45) is 0 Å². The van der Waals surface area contributed by atoms with Crippen LogP contribution in [0.4, 0.5) is 17.3 Å². The topological polar surface area (TPSA) is 68.2 Å². The van der Waals surface area contributed by atoms with Crippen molar-refractivity contribution < 1.29 is 0 Å². The number of hydrogen-bond acceptors (Lipinski definition) is 4. The number of nitrogens with two attached hydrogens (primary N) is 2. The lowest BCUT2D eigenvalue weighted by atomic mass is 10.3. The third-order valence-electron chi connectivity index (χ3n) is 1.99. The number of hydrogen-bond donors (Lipinski definition) is 2. The van der Waals surface area contributed by atoms with Crippen molar-refractivity contribution in [1.29, 1.82) is 0 Å². The molecule has 1 rings (SSSR count). The van der Waals surface area contributed by atoms with E-state index in [9.17, 15) is 0 Å². The lowest BCUT2D eigenvalue weighted by Crippen LogP contribution is -2.24. The molecule has 0 unspecified atom stereocenters. The van der Waals surface area contributed by atoms with Crippen LogP contribution in [0.2, 0.25) is 0 Å². The highest BCUT2D eigenvalue weighted by Crippen LogP contribution is 2.20. The standard InChI is InChI=1S/C9H16N4/c1-3-13(4-2)9-7(10)5-6-8(11)12-9/h5-6H,3-4,10H2,1-2H3,(H2,11,12). The molecule has 0 radical (unpaired) electrons. The van der Waals surface area contributed by atoms with Crippen LogP contribution in [-0.4, -0.2) is 18.1 Å². The lowest BCUT2D eigenvalue weighted by molar-refractivity contribution is 0.849. The van der Waals surface area contributed by atoms with Crippen LogP contribution in [0.5, 0.6) is 0 Å². The van der Waals surface area contributed by atoms with Crippen LogP contribution < -0.4 is 16.4 Å². The highest BCUT2D eigenvalue weighted by Gasteiger charge is 2.07. The minimum absolute atomic E-state index is 0.510. The first kappa shape index (κ1) is 9.64. The number of rotatable bonds is 3. The molecule has 4 heteroatoms. The Balaban J connectivity index is 3.03. The summed E-state index contributed by atoms with van der Waals surface area (Å²) >= 11 is 0. The van der Waals surface area contributed by atoms with Crippen LogP contribution in [0.15, 0.2) is 12.1 Å². The Morgan fingerprint density at radius 3 is 2.38 bits per heavy atom. The van der Waals surface area contributed by atoms with E-state index < -0.39 is 0 Å². The van der Waals surface area contributed by atoms with E-state index in [0.29, 0.717) is 11.5 Å². The van der Waals surface area contributed by atoms with Gasteiger partial charge in [-0.3, -0.25) is 0 Å². The molecule has 0 bridgehead atoms. The Labute approximate surface area is 78.6 Å². The van der Waals surface area contributed by atoms with Crippen LogP contribution in [0.25, 0.3) is 0 Å². The van der Waals surface area contributed by atoms with Gasteiger partial charge < -0.3 is 16.4 Å². The minimum Gasteiger partial charge on any atom is -0.396 e. The SMILES string of the molecule is CCN(CC)c1nc(N)ccc1N. The number of pyridine rings is 1. The van der Waals surface area contributed by atoms with Crippen LogP contribution in [-0.2, 0) is 0 Å². The third-order valence-corrected chi connectivity index (χ3v) is 1.99. The predicted molar refractivity (Wildman–Crippen MR) is 56.6 cm³/mol. The minimum atomic E-state index is 0.510. The Kier molecular flexibility index (Phi) is 2.95. The summed E-state index contributed by atoms with van der Waals surface area (Å²) in [6, 6.07) is 3.50. The molecule has 0 aromatic carbocycles. The molecule has 0 fully saturated rings. The van der Waals surface area contributed by atoms with Gasteiger partial charge >= 0.3 is 0 Å². The van der Waals surface area contributed by atoms with Crippen molar-refractivity contribution >= 4 is 17.3 Å². The summed E-state index contributed by atoms with van der Waals surface area (Å²) in [6.45, 7) is 5.90. The third kappa shape index (κ3) is 2.02. The molecule has 0 aliphatic carbocycles. The number of nitrogen functional groups attached to an aromatic ring is 2. The Morgan fingerprint density at radius 2 is 1.85 bits per heavy atom. The van der Waals surface area contributed by atoms with Gasteiger partial charge in [0.2, 0.25) is 0 Å². The zero-order valence-corrected chi connectivity index (χ0v) is 8.12. The summed E-state index contributed by atoms with van der Waals surface area (Å²) in [5, 5.41) is 0. The molecule has 1 aromatic heterocycles. The Hall–Kier alpha value is -1.45. The zero-order valence-electron chi connectivity index (χ0n) is 8.12. The van der Waals surface area contributed by atoms with E-state index in [0.717, 1.165) is 18.9 Å². The smallest absolute Gasteiger partial charge is 0.154 e. The van der Waals surface area contributed by atoms with Crippen molar-refractivity contribution in [2.75, 3.05) is 29.5 Å². The molecule has 0 aliphatic rings. The Bertz CT molecular complexity index is 281. The molecule has 13 heavy (non-hydrogen) atoms. The fourth-order valence-electron chi connectivity index (χ4n) is 1.25. The molecule has 1 heterocycles. The normalized spacial score (nSPS) is 10.0. The average Bonchev–Trinajstić information content (AvgIpc) is 2.13. The van der Waals surface area contributed by atoms with Gasteiger partial charge in [0.1, 0.15) is 5.82 Å². The summed E-state index contributed by atoms with van der Waals surface area (Å²) in [5.41, 5.74) is 12.0. The molecule has 0 saturated carbocycles. The first-order chi connectivity index (χ1) is 6.19. The second-order valence-electron chi connectivity index (χ2n) is 2.82. The van der Waals surface area contributed by atoms with E-state index in [1.54, 1.807) is 12.1 Å². The highest BCUT2D eigenvalue weighted by molar-refractivity contribution is 5.65. The van der Waals surface area contributed by atoms with Gasteiger partial charge in [-0.2, -0.15) is 0 Å². The molecule has 4 N–H and O–H groups in total. The van der Waals surface area contributed by atoms with Gasteiger partial charge in [0.25, 0.3) is 0 Å². The second kappa shape index (κ2) is 3.98. The summed E-state index contributed by atoms with van der Waals surface area (Å²) in [4.78, 5) is 6.27. The van der Waals surface area contributed by atoms with Crippen molar-refractivity contribution in [3.05, 3.63) is 12.1 Å². The highest BCUT2D eigenvalue weighted by atomic mass is 15.2. The molecule has 4 nitrogen and oxygen atoms in total. The lowest BCUT2D eigenvalue weighted by Gasteiger charge is -2.21. The maximum atomic E-state index is 5.78. The van der Waals surface area contributed by atoms with Gasteiger partial charge in [0, 0.05) is 13.1 Å². The van der Waals surface area contributed by atoms with Gasteiger partial charge in [-0.15, -0.1) is 0 Å². The van der Waals surface area contributed by atoms with E-state index in [4.69, 9.17) is 11.5 Å². The summed E-state index contributed by atoms with van der Waals surface area (Å²) < 4.78 is 0. The first-order valence-electron chi connectivity index (χ1n) is 4.46. The van der Waals surface area contributed by atoms with E-state index in [2.05, 4.69) is 23.7 Å². The van der Waals surface area contributed by atoms with Crippen molar-refractivity contribution in [1.82, 2.24) is 4.98 Å². The first-order valence-corrected chi connectivity index (χ1v) is 4.46. The van der Waals surface area contributed by atoms with Crippen molar-refractivity contribution in [3.63, 3.8) is 0 Å². The van der Waals surface area contributed by atoms with E-state index >= 15 is 0 Å². The molecule has 0 spiro atoms. The largest absolute Gasteiger partial charge is 0.396 e. The van der Waals surface area contributed by atoms with Gasteiger partial charge in [0.05, 0.1) is 5.69 Å². The molecular weight excluding hydrogens is 164 g/mol. The second-order valence-corrected chi connectivity index (χ2v) is 2.82. The molecule has 0 atom stereocenters.